The summed E-state index contributed by atoms with van der Waals surface area (Å²) in [5.74, 6) is 1.60. The average Bonchev–Trinajstić information content (AvgIpc) is 2.37. The van der Waals surface area contributed by atoms with Gasteiger partial charge in [0, 0.05) is 24.6 Å². The number of ether oxygens (including phenoxy) is 1. The second-order valence-electron chi connectivity index (χ2n) is 6.31. The van der Waals surface area contributed by atoms with Gasteiger partial charge in [0.25, 0.3) is 0 Å². The van der Waals surface area contributed by atoms with Crippen LogP contribution in [0, 0.1) is 5.41 Å². The van der Waals surface area contributed by atoms with E-state index < -0.39 is 0 Å². The quantitative estimate of drug-likeness (QED) is 0.829. The molecular weight excluding hydrogens is 238 g/mol. The number of aliphatic hydroxyl groups is 1. The molecule has 1 aromatic rings. The van der Waals surface area contributed by atoms with Crippen molar-refractivity contribution < 1.29 is 9.84 Å². The molecule has 0 unspecified atom stereocenters. The number of hydrogen-bond donors (Lipinski definition) is 2. The zero-order chi connectivity index (χ0) is 13.9. The Morgan fingerprint density at radius 2 is 2.00 bits per heavy atom. The van der Waals surface area contributed by atoms with Gasteiger partial charge in [-0.3, -0.25) is 0 Å². The molecule has 0 bridgehead atoms. The summed E-state index contributed by atoms with van der Waals surface area (Å²) in [4.78, 5) is 0. The minimum absolute atomic E-state index is 0.0322. The third-order valence-electron chi connectivity index (χ3n) is 4.01. The maximum absolute atomic E-state index is 9.24. The van der Waals surface area contributed by atoms with E-state index in [2.05, 4.69) is 31.3 Å². The van der Waals surface area contributed by atoms with Crippen LogP contribution >= 0.6 is 0 Å². The van der Waals surface area contributed by atoms with E-state index in [-0.39, 0.29) is 12.0 Å². The zero-order valence-electron chi connectivity index (χ0n) is 12.1. The van der Waals surface area contributed by atoms with Gasteiger partial charge >= 0.3 is 0 Å². The normalized spacial score (nSPS) is 22.9. The van der Waals surface area contributed by atoms with Crippen molar-refractivity contribution >= 4 is 0 Å². The average molecular weight is 263 g/mol. The third kappa shape index (κ3) is 3.48. The molecule has 0 saturated heterocycles. The van der Waals surface area contributed by atoms with Gasteiger partial charge in [0.1, 0.15) is 5.75 Å². The Balaban J connectivity index is 1.83. The van der Waals surface area contributed by atoms with Gasteiger partial charge in [-0.1, -0.05) is 32.0 Å². The summed E-state index contributed by atoms with van der Waals surface area (Å²) >= 11 is 0. The zero-order valence-corrected chi connectivity index (χ0v) is 12.1. The third-order valence-corrected chi connectivity index (χ3v) is 4.01. The first-order chi connectivity index (χ1) is 9.05. The summed E-state index contributed by atoms with van der Waals surface area (Å²) in [5, 5.41) is 12.8. The highest BCUT2D eigenvalue weighted by molar-refractivity contribution is 5.37. The van der Waals surface area contributed by atoms with E-state index in [4.69, 9.17) is 4.74 Å². The first-order valence-corrected chi connectivity index (χ1v) is 7.03. The van der Waals surface area contributed by atoms with Gasteiger partial charge in [0.15, 0.2) is 0 Å². The molecule has 1 fully saturated rings. The number of hydrogen-bond acceptors (Lipinski definition) is 3. The molecule has 1 aliphatic rings. The van der Waals surface area contributed by atoms with Crippen LogP contribution in [0.5, 0.6) is 5.75 Å². The second-order valence-corrected chi connectivity index (χ2v) is 6.31. The second kappa shape index (κ2) is 5.93. The van der Waals surface area contributed by atoms with Crippen molar-refractivity contribution in [2.24, 2.45) is 5.41 Å². The van der Waals surface area contributed by atoms with Crippen molar-refractivity contribution in [2.45, 2.75) is 38.6 Å². The molecule has 3 nitrogen and oxygen atoms in total. The fourth-order valence-corrected chi connectivity index (χ4v) is 2.52. The maximum atomic E-state index is 9.24. The number of nitrogens with one attached hydrogen (secondary N) is 1. The molecule has 2 N–H and O–H groups in total. The van der Waals surface area contributed by atoms with Crippen LogP contribution < -0.4 is 10.1 Å². The lowest BCUT2D eigenvalue weighted by atomic mass is 9.75. The molecule has 2 rings (SSSR count). The molecule has 0 radical (unpaired) electrons. The van der Waals surface area contributed by atoms with E-state index in [0.29, 0.717) is 12.0 Å². The fourth-order valence-electron chi connectivity index (χ4n) is 2.52. The van der Waals surface area contributed by atoms with Crippen LogP contribution in [0.4, 0.5) is 0 Å². The molecule has 1 saturated carbocycles. The number of methoxy groups -OCH3 is 1. The minimum atomic E-state index is -0.0322. The smallest absolute Gasteiger partial charge is 0.122 e. The molecule has 0 aliphatic heterocycles. The fraction of sp³-hybridized carbons (Fsp3) is 0.625. The lowest BCUT2D eigenvalue weighted by molar-refractivity contribution is 0.143. The standard InChI is InChI=1S/C16H25NO2/c1-16(2,11-18)10-17-13-8-12(9-13)14-6-4-5-7-15(14)19-3/h4-7,12-13,17-18H,8-11H2,1-3H3. The molecular formula is C16H25NO2. The van der Waals surface area contributed by atoms with Gasteiger partial charge in [-0.15, -0.1) is 0 Å². The summed E-state index contributed by atoms with van der Waals surface area (Å²) in [7, 11) is 1.73. The Bertz CT molecular complexity index is 411. The van der Waals surface area contributed by atoms with E-state index >= 15 is 0 Å². The highest BCUT2D eigenvalue weighted by Crippen LogP contribution is 2.41. The molecule has 0 heterocycles. The summed E-state index contributed by atoms with van der Waals surface area (Å²) in [6.07, 6.45) is 2.31. The van der Waals surface area contributed by atoms with Crippen LogP contribution in [-0.2, 0) is 0 Å². The van der Waals surface area contributed by atoms with E-state index in [1.807, 2.05) is 12.1 Å². The van der Waals surface area contributed by atoms with Crippen LogP contribution in [0.15, 0.2) is 24.3 Å². The highest BCUT2D eigenvalue weighted by atomic mass is 16.5. The first kappa shape index (κ1) is 14.4. The van der Waals surface area contributed by atoms with Gasteiger partial charge in [0.05, 0.1) is 7.11 Å². The molecule has 3 heteroatoms. The topological polar surface area (TPSA) is 41.5 Å². The van der Waals surface area contributed by atoms with Gasteiger partial charge in [-0.2, -0.15) is 0 Å². The Morgan fingerprint density at radius 1 is 1.32 bits per heavy atom. The van der Waals surface area contributed by atoms with Crippen LogP contribution in [0.2, 0.25) is 0 Å². The first-order valence-electron chi connectivity index (χ1n) is 7.03. The Kier molecular flexibility index (Phi) is 4.48. The number of aliphatic hydroxyl groups excluding tert-OH is 1. The van der Waals surface area contributed by atoms with Crippen LogP contribution in [0.3, 0.4) is 0 Å². The lowest BCUT2D eigenvalue weighted by Gasteiger charge is -2.38. The molecule has 1 aromatic carbocycles. The van der Waals surface area contributed by atoms with Crippen molar-refractivity contribution in [1.82, 2.24) is 5.32 Å². The van der Waals surface area contributed by atoms with Crippen LogP contribution in [-0.4, -0.2) is 31.4 Å². The maximum Gasteiger partial charge on any atom is 0.122 e. The monoisotopic (exact) mass is 263 g/mol. The van der Waals surface area contributed by atoms with E-state index in [1.54, 1.807) is 7.11 Å². The van der Waals surface area contributed by atoms with Gasteiger partial charge < -0.3 is 15.2 Å². The van der Waals surface area contributed by atoms with E-state index in [1.165, 1.54) is 5.56 Å². The number of rotatable bonds is 6. The van der Waals surface area contributed by atoms with Crippen molar-refractivity contribution in [3.63, 3.8) is 0 Å². The molecule has 19 heavy (non-hydrogen) atoms. The Labute approximate surface area is 116 Å². The van der Waals surface area contributed by atoms with Crippen molar-refractivity contribution in [1.29, 1.82) is 0 Å². The highest BCUT2D eigenvalue weighted by Gasteiger charge is 2.32. The lowest BCUT2D eigenvalue weighted by Crippen LogP contribution is -2.45. The van der Waals surface area contributed by atoms with E-state index in [0.717, 1.165) is 25.1 Å². The Hall–Kier alpha value is -1.06. The summed E-state index contributed by atoms with van der Waals surface area (Å²) < 4.78 is 5.42. The Morgan fingerprint density at radius 3 is 2.63 bits per heavy atom. The SMILES string of the molecule is COc1ccccc1C1CC(NCC(C)(C)CO)C1. The summed E-state index contributed by atoms with van der Waals surface area (Å²) in [6, 6.07) is 8.86. The minimum Gasteiger partial charge on any atom is -0.496 e. The van der Waals surface area contributed by atoms with Gasteiger partial charge in [0.2, 0.25) is 0 Å². The predicted molar refractivity (Wildman–Crippen MR) is 77.6 cm³/mol. The van der Waals surface area contributed by atoms with E-state index in [9.17, 15) is 5.11 Å². The molecule has 1 aliphatic carbocycles. The molecule has 0 aromatic heterocycles. The molecule has 106 valence electrons. The van der Waals surface area contributed by atoms with Crippen molar-refractivity contribution in [3.8, 4) is 5.75 Å². The predicted octanol–water partition coefficient (Wildman–Crippen LogP) is 2.55. The summed E-state index contributed by atoms with van der Waals surface area (Å²) in [5.41, 5.74) is 1.29. The van der Waals surface area contributed by atoms with Gasteiger partial charge in [-0.05, 0) is 30.4 Å². The van der Waals surface area contributed by atoms with Crippen molar-refractivity contribution in [3.05, 3.63) is 29.8 Å². The van der Waals surface area contributed by atoms with Crippen molar-refractivity contribution in [2.75, 3.05) is 20.3 Å². The molecule has 0 atom stereocenters. The summed E-state index contributed by atoms with van der Waals surface area (Å²) in [6.45, 7) is 5.25. The number of benzene rings is 1. The van der Waals surface area contributed by atoms with Crippen LogP contribution in [0.1, 0.15) is 38.2 Å². The largest absolute Gasteiger partial charge is 0.496 e. The van der Waals surface area contributed by atoms with Crippen LogP contribution in [0.25, 0.3) is 0 Å². The van der Waals surface area contributed by atoms with Gasteiger partial charge in [-0.25, -0.2) is 0 Å². The number of para-hydroxylation sites is 1. The molecule has 0 spiro atoms. The molecule has 0 amide bonds.